The molecule has 0 saturated heterocycles. The number of carbonyl (C=O) groups is 2. The molecule has 1 saturated carbocycles. The number of nitrogens with two attached hydrogens (primary N) is 1. The minimum atomic E-state index is -0.466. The summed E-state index contributed by atoms with van der Waals surface area (Å²) in [4.78, 5) is 25.5. The first kappa shape index (κ1) is 19.4. The average Bonchev–Trinajstić information content (AvgIpc) is 2.85. The van der Waals surface area contributed by atoms with Crippen LogP contribution in [0.25, 0.3) is 0 Å². The zero-order valence-electron chi connectivity index (χ0n) is 13.9. The van der Waals surface area contributed by atoms with Crippen LogP contribution in [0.2, 0.25) is 0 Å². The van der Waals surface area contributed by atoms with Crippen molar-refractivity contribution in [2.75, 3.05) is 19.4 Å². The Hall–Kier alpha value is -1.60. The third kappa shape index (κ3) is 4.94. The molecule has 1 aliphatic rings. The fourth-order valence-electron chi connectivity index (χ4n) is 2.80. The topological polar surface area (TPSA) is 93.2 Å². The Kier molecular flexibility index (Phi) is 6.58. The van der Waals surface area contributed by atoms with Gasteiger partial charge in [-0.05, 0) is 19.8 Å². The lowest BCUT2D eigenvalue weighted by Gasteiger charge is -2.37. The minimum absolute atomic E-state index is 0. The second-order valence-corrected chi connectivity index (χ2v) is 6.48. The van der Waals surface area contributed by atoms with E-state index in [1.54, 1.807) is 26.4 Å². The van der Waals surface area contributed by atoms with Gasteiger partial charge in [-0.25, -0.2) is 0 Å². The van der Waals surface area contributed by atoms with Gasteiger partial charge in [-0.3, -0.25) is 14.3 Å². The van der Waals surface area contributed by atoms with Gasteiger partial charge in [0.1, 0.15) is 6.54 Å². The summed E-state index contributed by atoms with van der Waals surface area (Å²) in [6.07, 6.45) is 5.43. The number of anilines is 1. The van der Waals surface area contributed by atoms with Gasteiger partial charge in [0.15, 0.2) is 5.82 Å². The number of halogens is 1. The monoisotopic (exact) mass is 343 g/mol. The summed E-state index contributed by atoms with van der Waals surface area (Å²) in [6, 6.07) is 1.69. The molecule has 1 heterocycles. The average molecular weight is 344 g/mol. The summed E-state index contributed by atoms with van der Waals surface area (Å²) in [5.74, 6) is 0.115. The van der Waals surface area contributed by atoms with Crippen molar-refractivity contribution in [3.05, 3.63) is 12.3 Å². The lowest BCUT2D eigenvalue weighted by atomic mass is 9.74. The van der Waals surface area contributed by atoms with Crippen LogP contribution in [0, 0.1) is 5.92 Å². The van der Waals surface area contributed by atoms with Crippen LogP contribution in [0.1, 0.15) is 32.6 Å². The largest absolute Gasteiger partial charge is 0.347 e. The maximum Gasteiger partial charge on any atom is 0.243 e. The van der Waals surface area contributed by atoms with E-state index < -0.39 is 5.54 Å². The molecule has 1 aromatic heterocycles. The van der Waals surface area contributed by atoms with Crippen molar-refractivity contribution in [2.24, 2.45) is 11.7 Å². The van der Waals surface area contributed by atoms with E-state index in [9.17, 15) is 9.59 Å². The second-order valence-electron chi connectivity index (χ2n) is 6.48. The van der Waals surface area contributed by atoms with Crippen LogP contribution in [-0.4, -0.2) is 46.1 Å². The molecule has 1 aliphatic carbocycles. The van der Waals surface area contributed by atoms with Crippen molar-refractivity contribution >= 4 is 30.0 Å². The number of likely N-dealkylation sites (N-methyl/N-ethyl adjacent to an activating group) is 1. The van der Waals surface area contributed by atoms with Crippen molar-refractivity contribution in [3.63, 3.8) is 0 Å². The highest BCUT2D eigenvalue weighted by Crippen LogP contribution is 2.32. The van der Waals surface area contributed by atoms with E-state index in [-0.39, 0.29) is 36.7 Å². The van der Waals surface area contributed by atoms with Crippen LogP contribution in [-0.2, 0) is 16.1 Å². The number of nitrogens with one attached hydrogen (secondary N) is 1. The molecule has 0 spiro atoms. The van der Waals surface area contributed by atoms with Crippen LogP contribution in [0.15, 0.2) is 12.3 Å². The lowest BCUT2D eigenvalue weighted by molar-refractivity contribution is -0.129. The molecule has 2 amide bonds. The molecule has 130 valence electrons. The Bertz CT molecular complexity index is 556. The SMILES string of the molecule is CN(C)C(=O)Cn1ccc(NC(=O)C2CCCCC2(C)N)n1.Cl. The molecule has 7 nitrogen and oxygen atoms in total. The van der Waals surface area contributed by atoms with Crippen molar-refractivity contribution in [2.45, 2.75) is 44.7 Å². The first-order valence-corrected chi connectivity index (χ1v) is 7.63. The summed E-state index contributed by atoms with van der Waals surface area (Å²) in [6.45, 7) is 2.09. The predicted octanol–water partition coefficient (Wildman–Crippen LogP) is 1.24. The molecule has 2 rings (SSSR count). The summed E-state index contributed by atoms with van der Waals surface area (Å²) in [7, 11) is 3.39. The molecule has 0 aliphatic heterocycles. The lowest BCUT2D eigenvalue weighted by Crippen LogP contribution is -2.51. The van der Waals surface area contributed by atoms with Gasteiger partial charge in [0, 0.05) is 31.9 Å². The number of hydrogen-bond donors (Lipinski definition) is 2. The fourth-order valence-corrected chi connectivity index (χ4v) is 2.80. The molecular formula is C15H26ClN5O2. The highest BCUT2D eigenvalue weighted by molar-refractivity contribution is 5.92. The fraction of sp³-hybridized carbons (Fsp3) is 0.667. The number of aromatic nitrogens is 2. The van der Waals surface area contributed by atoms with Crippen molar-refractivity contribution in [1.82, 2.24) is 14.7 Å². The van der Waals surface area contributed by atoms with Crippen LogP contribution >= 0.6 is 12.4 Å². The Morgan fingerprint density at radius 3 is 2.78 bits per heavy atom. The summed E-state index contributed by atoms with van der Waals surface area (Å²) < 4.78 is 1.51. The molecule has 1 aromatic rings. The number of rotatable bonds is 4. The van der Waals surface area contributed by atoms with E-state index in [1.165, 1.54) is 9.58 Å². The molecule has 0 radical (unpaired) electrons. The van der Waals surface area contributed by atoms with Crippen molar-refractivity contribution in [3.8, 4) is 0 Å². The van der Waals surface area contributed by atoms with Gasteiger partial charge in [-0.1, -0.05) is 12.8 Å². The molecule has 8 heteroatoms. The van der Waals surface area contributed by atoms with Gasteiger partial charge in [0.2, 0.25) is 11.8 Å². The van der Waals surface area contributed by atoms with Gasteiger partial charge in [0.25, 0.3) is 0 Å². The molecule has 2 atom stereocenters. The summed E-state index contributed by atoms with van der Waals surface area (Å²) in [5, 5.41) is 7.03. The Labute approximate surface area is 143 Å². The third-order valence-corrected chi connectivity index (χ3v) is 4.26. The van der Waals surface area contributed by atoms with Crippen LogP contribution in [0.4, 0.5) is 5.82 Å². The predicted molar refractivity (Wildman–Crippen MR) is 91.3 cm³/mol. The molecule has 0 aromatic carbocycles. The second kappa shape index (κ2) is 7.79. The maximum absolute atomic E-state index is 12.4. The smallest absolute Gasteiger partial charge is 0.243 e. The first-order valence-electron chi connectivity index (χ1n) is 7.63. The normalized spacial score (nSPS) is 23.7. The molecular weight excluding hydrogens is 318 g/mol. The Balaban J connectivity index is 0.00000264. The Morgan fingerprint density at radius 2 is 2.17 bits per heavy atom. The zero-order valence-corrected chi connectivity index (χ0v) is 14.7. The van der Waals surface area contributed by atoms with Gasteiger partial charge < -0.3 is 16.0 Å². The molecule has 1 fully saturated rings. The standard InChI is InChI=1S/C15H25N5O2.ClH/c1-15(16)8-5-4-6-11(15)14(22)17-12-7-9-20(18-12)10-13(21)19(2)3;/h7,9,11H,4-6,8,10,16H2,1-3H3,(H,17,18,22);1H. The van der Waals surface area contributed by atoms with Gasteiger partial charge in [-0.15, -0.1) is 12.4 Å². The number of hydrogen-bond acceptors (Lipinski definition) is 4. The van der Waals surface area contributed by atoms with E-state index >= 15 is 0 Å². The van der Waals surface area contributed by atoms with E-state index in [0.29, 0.717) is 5.82 Å². The van der Waals surface area contributed by atoms with Crippen molar-refractivity contribution in [1.29, 1.82) is 0 Å². The van der Waals surface area contributed by atoms with Crippen LogP contribution < -0.4 is 11.1 Å². The number of nitrogens with zero attached hydrogens (tertiary/aromatic N) is 3. The van der Waals surface area contributed by atoms with E-state index in [1.807, 2.05) is 6.92 Å². The van der Waals surface area contributed by atoms with Gasteiger partial charge >= 0.3 is 0 Å². The Morgan fingerprint density at radius 1 is 1.48 bits per heavy atom. The summed E-state index contributed by atoms with van der Waals surface area (Å²) in [5.41, 5.74) is 5.78. The number of carbonyl (C=O) groups excluding carboxylic acids is 2. The highest BCUT2D eigenvalue weighted by atomic mass is 35.5. The van der Waals surface area contributed by atoms with E-state index in [0.717, 1.165) is 25.7 Å². The van der Waals surface area contributed by atoms with E-state index in [4.69, 9.17) is 5.73 Å². The minimum Gasteiger partial charge on any atom is -0.347 e. The third-order valence-electron chi connectivity index (χ3n) is 4.26. The van der Waals surface area contributed by atoms with Gasteiger partial charge in [-0.2, -0.15) is 5.10 Å². The van der Waals surface area contributed by atoms with Gasteiger partial charge in [0.05, 0.1) is 5.92 Å². The highest BCUT2D eigenvalue weighted by Gasteiger charge is 2.37. The maximum atomic E-state index is 12.4. The summed E-state index contributed by atoms with van der Waals surface area (Å²) >= 11 is 0. The van der Waals surface area contributed by atoms with Crippen LogP contribution in [0.3, 0.4) is 0 Å². The molecule has 2 unspecified atom stereocenters. The molecule has 3 N–H and O–H groups in total. The molecule has 0 bridgehead atoms. The number of amides is 2. The van der Waals surface area contributed by atoms with Crippen LogP contribution in [0.5, 0.6) is 0 Å². The quantitative estimate of drug-likeness (QED) is 0.860. The van der Waals surface area contributed by atoms with Crippen molar-refractivity contribution < 1.29 is 9.59 Å². The van der Waals surface area contributed by atoms with E-state index in [2.05, 4.69) is 10.4 Å². The molecule has 23 heavy (non-hydrogen) atoms. The zero-order chi connectivity index (χ0) is 16.3. The first-order chi connectivity index (χ1) is 10.3.